The van der Waals surface area contributed by atoms with Gasteiger partial charge in [0.2, 0.25) is 5.88 Å². The Morgan fingerprint density at radius 3 is 2.76 bits per heavy atom. The van der Waals surface area contributed by atoms with E-state index >= 15 is 0 Å². The molecule has 0 saturated carbocycles. The maximum Gasteiger partial charge on any atom is 0.416 e. The van der Waals surface area contributed by atoms with Gasteiger partial charge in [0.05, 0.1) is 11.1 Å². The number of benzene rings is 1. The molecule has 0 bridgehead atoms. The van der Waals surface area contributed by atoms with Crippen molar-refractivity contribution in [1.29, 1.82) is 0 Å². The Hall–Kier alpha value is -2.22. The third kappa shape index (κ3) is 4.66. The molecule has 2 heterocycles. The fraction of sp³-hybridized carbons (Fsp3) is 0.294. The first-order valence-corrected chi connectivity index (χ1v) is 8.76. The van der Waals surface area contributed by atoms with Gasteiger partial charge in [-0.15, -0.1) is 0 Å². The molecule has 1 atom stereocenters. The molecule has 4 nitrogen and oxygen atoms in total. The van der Waals surface area contributed by atoms with E-state index in [1.54, 1.807) is 6.07 Å². The molecule has 0 aliphatic carbocycles. The zero-order chi connectivity index (χ0) is 17.9. The number of hydrogen-bond donors (Lipinski definition) is 1. The van der Waals surface area contributed by atoms with Crippen LogP contribution in [0.1, 0.15) is 22.3 Å². The second kappa shape index (κ2) is 7.35. The number of halogens is 3. The van der Waals surface area contributed by atoms with Crippen molar-refractivity contribution >= 4 is 23.4 Å². The molecule has 132 valence electrons. The number of rotatable bonds is 4. The van der Waals surface area contributed by atoms with Gasteiger partial charge >= 0.3 is 6.18 Å². The van der Waals surface area contributed by atoms with E-state index in [0.717, 1.165) is 30.1 Å². The first kappa shape index (κ1) is 17.6. The van der Waals surface area contributed by atoms with Gasteiger partial charge in [-0.3, -0.25) is 4.79 Å². The van der Waals surface area contributed by atoms with Crippen LogP contribution in [0, 0.1) is 0 Å². The van der Waals surface area contributed by atoms with Crippen LogP contribution in [0.25, 0.3) is 0 Å². The lowest BCUT2D eigenvalue weighted by Crippen LogP contribution is -2.16. The molecule has 1 unspecified atom stereocenters. The zero-order valence-corrected chi connectivity index (χ0v) is 13.9. The van der Waals surface area contributed by atoms with Crippen LogP contribution in [0.4, 0.5) is 18.9 Å². The molecule has 1 aromatic heterocycles. The summed E-state index contributed by atoms with van der Waals surface area (Å²) >= 11 is 1.82. The lowest BCUT2D eigenvalue weighted by Gasteiger charge is -2.12. The standard InChI is InChI=1S/C17H15F3N2O2S/c18-17(19,20)12-2-1-3-13(8-12)22-16(23)11-4-5-15(21-9-11)24-14-6-7-25-10-14/h1-5,8-9,14H,6-7,10H2,(H,22,23). The predicted molar refractivity (Wildman–Crippen MR) is 90.0 cm³/mol. The Bertz CT molecular complexity index is 744. The largest absolute Gasteiger partial charge is 0.473 e. The van der Waals surface area contributed by atoms with Crippen molar-refractivity contribution < 1.29 is 22.7 Å². The summed E-state index contributed by atoms with van der Waals surface area (Å²) in [4.78, 5) is 16.2. The average Bonchev–Trinajstić information content (AvgIpc) is 3.08. The van der Waals surface area contributed by atoms with Crippen molar-refractivity contribution in [3.8, 4) is 5.88 Å². The fourth-order valence-corrected chi connectivity index (χ4v) is 3.43. The molecule has 2 aromatic rings. The third-order valence-corrected chi connectivity index (χ3v) is 4.75. The highest BCUT2D eigenvalue weighted by Crippen LogP contribution is 2.30. The molecule has 0 spiro atoms. The number of carbonyl (C=O) groups excluding carboxylic acids is 1. The average molecular weight is 368 g/mol. The van der Waals surface area contributed by atoms with Crippen LogP contribution < -0.4 is 10.1 Å². The maximum absolute atomic E-state index is 12.7. The molecule has 1 fully saturated rings. The van der Waals surface area contributed by atoms with Gasteiger partial charge < -0.3 is 10.1 Å². The van der Waals surface area contributed by atoms with Gasteiger partial charge in [0, 0.05) is 23.7 Å². The molecule has 0 radical (unpaired) electrons. The van der Waals surface area contributed by atoms with Crippen LogP contribution in [0.5, 0.6) is 5.88 Å². The molecule has 1 saturated heterocycles. The number of nitrogens with zero attached hydrogens (tertiary/aromatic N) is 1. The molecule has 1 aromatic carbocycles. The number of amides is 1. The summed E-state index contributed by atoms with van der Waals surface area (Å²) < 4.78 is 43.8. The van der Waals surface area contributed by atoms with Crippen LogP contribution in [0.15, 0.2) is 42.6 Å². The third-order valence-electron chi connectivity index (χ3n) is 3.62. The van der Waals surface area contributed by atoms with Crippen molar-refractivity contribution in [2.45, 2.75) is 18.7 Å². The number of alkyl halides is 3. The molecule has 1 N–H and O–H groups in total. The van der Waals surface area contributed by atoms with Crippen molar-refractivity contribution in [3.63, 3.8) is 0 Å². The smallest absolute Gasteiger partial charge is 0.416 e. The van der Waals surface area contributed by atoms with Gasteiger partial charge in [-0.1, -0.05) is 6.07 Å². The quantitative estimate of drug-likeness (QED) is 0.877. The molecule has 1 aliphatic heterocycles. The lowest BCUT2D eigenvalue weighted by atomic mass is 10.2. The zero-order valence-electron chi connectivity index (χ0n) is 13.0. The maximum atomic E-state index is 12.7. The van der Waals surface area contributed by atoms with E-state index < -0.39 is 17.6 Å². The number of anilines is 1. The van der Waals surface area contributed by atoms with E-state index in [4.69, 9.17) is 4.74 Å². The minimum atomic E-state index is -4.46. The summed E-state index contributed by atoms with van der Waals surface area (Å²) in [5.41, 5.74) is -0.504. The highest BCUT2D eigenvalue weighted by molar-refractivity contribution is 7.99. The number of aromatic nitrogens is 1. The van der Waals surface area contributed by atoms with Crippen LogP contribution in [0.3, 0.4) is 0 Å². The van der Waals surface area contributed by atoms with Gasteiger partial charge in [-0.25, -0.2) is 4.98 Å². The van der Waals surface area contributed by atoms with E-state index in [9.17, 15) is 18.0 Å². The Balaban J connectivity index is 1.65. The molecule has 8 heteroatoms. The van der Waals surface area contributed by atoms with Crippen molar-refractivity contribution in [1.82, 2.24) is 4.98 Å². The first-order valence-electron chi connectivity index (χ1n) is 7.61. The summed E-state index contributed by atoms with van der Waals surface area (Å²) in [5.74, 6) is 1.87. The fourth-order valence-electron chi connectivity index (χ4n) is 2.34. The van der Waals surface area contributed by atoms with E-state index in [1.807, 2.05) is 11.8 Å². The minimum absolute atomic E-state index is 0.0723. The summed E-state index contributed by atoms with van der Waals surface area (Å²) in [6.45, 7) is 0. The van der Waals surface area contributed by atoms with Crippen LogP contribution in [-0.4, -0.2) is 28.5 Å². The van der Waals surface area contributed by atoms with Crippen molar-refractivity contribution in [2.75, 3.05) is 16.8 Å². The monoisotopic (exact) mass is 368 g/mol. The normalized spacial score (nSPS) is 17.3. The Labute approximate surface area is 146 Å². The van der Waals surface area contributed by atoms with E-state index in [-0.39, 0.29) is 17.4 Å². The molecule has 25 heavy (non-hydrogen) atoms. The van der Waals surface area contributed by atoms with Gasteiger partial charge in [-0.2, -0.15) is 24.9 Å². The van der Waals surface area contributed by atoms with Crippen molar-refractivity contribution in [3.05, 3.63) is 53.7 Å². The van der Waals surface area contributed by atoms with Crippen LogP contribution in [-0.2, 0) is 6.18 Å². The Morgan fingerprint density at radius 1 is 1.28 bits per heavy atom. The van der Waals surface area contributed by atoms with Gasteiger partial charge in [0.15, 0.2) is 0 Å². The molecule has 1 amide bonds. The summed E-state index contributed by atoms with van der Waals surface area (Å²) in [5, 5.41) is 2.44. The van der Waals surface area contributed by atoms with E-state index in [0.29, 0.717) is 5.88 Å². The summed E-state index contributed by atoms with van der Waals surface area (Å²) in [6.07, 6.45) is -2.02. The molecular formula is C17H15F3N2O2S. The van der Waals surface area contributed by atoms with Gasteiger partial charge in [0.1, 0.15) is 6.10 Å². The van der Waals surface area contributed by atoms with E-state index in [2.05, 4.69) is 10.3 Å². The summed E-state index contributed by atoms with van der Waals surface area (Å²) in [7, 11) is 0. The lowest BCUT2D eigenvalue weighted by molar-refractivity contribution is -0.137. The van der Waals surface area contributed by atoms with Gasteiger partial charge in [-0.05, 0) is 36.4 Å². The second-order valence-corrected chi connectivity index (χ2v) is 6.67. The SMILES string of the molecule is O=C(Nc1cccc(C(F)(F)F)c1)c1ccc(OC2CCSC2)nc1. The topological polar surface area (TPSA) is 51.2 Å². The second-order valence-electron chi connectivity index (χ2n) is 5.52. The highest BCUT2D eigenvalue weighted by Gasteiger charge is 2.30. The van der Waals surface area contributed by atoms with Gasteiger partial charge in [0.25, 0.3) is 5.91 Å². The van der Waals surface area contributed by atoms with Crippen molar-refractivity contribution in [2.24, 2.45) is 0 Å². The number of carbonyl (C=O) groups is 1. The number of hydrogen-bond acceptors (Lipinski definition) is 4. The first-order chi connectivity index (χ1) is 11.9. The van der Waals surface area contributed by atoms with Crippen LogP contribution >= 0.6 is 11.8 Å². The van der Waals surface area contributed by atoms with Crippen LogP contribution in [0.2, 0.25) is 0 Å². The Kier molecular flexibility index (Phi) is 5.17. The van der Waals surface area contributed by atoms with E-state index in [1.165, 1.54) is 24.4 Å². The minimum Gasteiger partial charge on any atom is -0.473 e. The molecule has 1 aliphatic rings. The number of ether oxygens (including phenoxy) is 1. The highest BCUT2D eigenvalue weighted by atomic mass is 32.2. The number of thioether (sulfide) groups is 1. The molecule has 3 rings (SSSR count). The number of nitrogens with one attached hydrogen (secondary N) is 1. The summed E-state index contributed by atoms with van der Waals surface area (Å²) in [6, 6.07) is 7.60. The predicted octanol–water partition coefficient (Wildman–Crippen LogP) is 4.24. The molecular weight excluding hydrogens is 353 g/mol. The number of pyridine rings is 1. The Morgan fingerprint density at radius 2 is 2.12 bits per heavy atom.